The molecule has 1 aromatic heterocycles. The van der Waals surface area contributed by atoms with Gasteiger partial charge in [0.25, 0.3) is 0 Å². The normalized spacial score (nSPS) is 16.2. The van der Waals surface area contributed by atoms with Gasteiger partial charge in [-0.15, -0.1) is 11.8 Å². The van der Waals surface area contributed by atoms with E-state index in [-0.39, 0.29) is 11.2 Å². The molecule has 1 amide bonds. The highest BCUT2D eigenvalue weighted by atomic mass is 32.2. The minimum absolute atomic E-state index is 0.00603. The average Bonchev–Trinajstić information content (AvgIpc) is 2.89. The first-order chi connectivity index (χ1) is 13.6. The van der Waals surface area contributed by atoms with E-state index in [1.807, 2.05) is 42.8 Å². The zero-order valence-corrected chi connectivity index (χ0v) is 17.0. The molecule has 0 saturated carbocycles. The molecule has 0 aliphatic carbocycles. The van der Waals surface area contributed by atoms with Gasteiger partial charge in [0.15, 0.2) is 0 Å². The maximum Gasteiger partial charge on any atom is 0.235 e. The van der Waals surface area contributed by atoms with Crippen molar-refractivity contribution >= 4 is 23.5 Å². The van der Waals surface area contributed by atoms with Crippen LogP contribution in [-0.2, 0) is 4.79 Å². The highest BCUT2D eigenvalue weighted by Gasteiger charge is 2.30. The number of hydrogen-bond acceptors (Lipinski definition) is 4. The lowest BCUT2D eigenvalue weighted by Crippen LogP contribution is -2.15. The van der Waals surface area contributed by atoms with Crippen molar-refractivity contribution in [2.24, 2.45) is 0 Å². The summed E-state index contributed by atoms with van der Waals surface area (Å²) in [5.41, 5.74) is 5.21. The number of benzene rings is 2. The molecule has 28 heavy (non-hydrogen) atoms. The van der Waals surface area contributed by atoms with Gasteiger partial charge in [-0.25, -0.2) is 4.68 Å². The predicted octanol–water partition coefficient (Wildman–Crippen LogP) is 4.66. The molecular weight excluding hydrogens is 370 g/mol. The van der Waals surface area contributed by atoms with E-state index in [4.69, 9.17) is 9.84 Å². The molecule has 0 spiro atoms. The van der Waals surface area contributed by atoms with Crippen molar-refractivity contribution < 1.29 is 9.53 Å². The topological polar surface area (TPSA) is 56.1 Å². The average molecular weight is 394 g/mol. The van der Waals surface area contributed by atoms with Gasteiger partial charge in [-0.1, -0.05) is 24.3 Å². The molecule has 0 unspecified atom stereocenters. The van der Waals surface area contributed by atoms with Crippen LogP contribution in [-0.4, -0.2) is 28.0 Å². The van der Waals surface area contributed by atoms with E-state index in [2.05, 4.69) is 36.5 Å². The predicted molar refractivity (Wildman–Crippen MR) is 114 cm³/mol. The summed E-state index contributed by atoms with van der Waals surface area (Å²) in [6, 6.07) is 16.3. The SMILES string of the molecule is CCOc1ccc([C@@H]2SCC(=O)Nc3c2c(C)nn3-c2cccc(C)c2)cc1. The molecule has 0 radical (unpaired) electrons. The first-order valence-electron chi connectivity index (χ1n) is 9.37. The number of carbonyl (C=O) groups excluding carboxylic acids is 1. The molecule has 1 aliphatic heterocycles. The summed E-state index contributed by atoms with van der Waals surface area (Å²) in [6.45, 7) is 6.67. The van der Waals surface area contributed by atoms with Gasteiger partial charge in [-0.2, -0.15) is 5.10 Å². The number of fused-ring (bicyclic) bond motifs is 1. The van der Waals surface area contributed by atoms with Crippen molar-refractivity contribution in [2.75, 3.05) is 17.7 Å². The summed E-state index contributed by atoms with van der Waals surface area (Å²) in [5.74, 6) is 2.01. The lowest BCUT2D eigenvalue weighted by molar-refractivity contribution is -0.113. The maximum absolute atomic E-state index is 12.4. The van der Waals surface area contributed by atoms with Crippen LogP contribution in [0.5, 0.6) is 5.75 Å². The monoisotopic (exact) mass is 393 g/mol. The van der Waals surface area contributed by atoms with E-state index >= 15 is 0 Å². The first kappa shape index (κ1) is 18.6. The zero-order chi connectivity index (χ0) is 19.7. The van der Waals surface area contributed by atoms with Gasteiger partial charge >= 0.3 is 0 Å². The molecule has 1 N–H and O–H groups in total. The van der Waals surface area contributed by atoms with Crippen LogP contribution in [0, 0.1) is 13.8 Å². The van der Waals surface area contributed by atoms with Crippen LogP contribution in [0.3, 0.4) is 0 Å². The molecule has 0 bridgehead atoms. The van der Waals surface area contributed by atoms with Gasteiger partial charge in [-0.3, -0.25) is 4.79 Å². The Kier molecular flexibility index (Phi) is 5.13. The summed E-state index contributed by atoms with van der Waals surface area (Å²) in [4.78, 5) is 12.4. The molecule has 0 fully saturated rings. The van der Waals surface area contributed by atoms with Gasteiger partial charge in [0.2, 0.25) is 5.91 Å². The highest BCUT2D eigenvalue weighted by molar-refractivity contribution is 8.00. The number of hydrogen-bond donors (Lipinski definition) is 1. The second-order valence-corrected chi connectivity index (χ2v) is 7.93. The van der Waals surface area contributed by atoms with Crippen molar-refractivity contribution in [3.05, 3.63) is 70.9 Å². The fourth-order valence-corrected chi connectivity index (χ4v) is 4.69. The van der Waals surface area contributed by atoms with Gasteiger partial charge in [0, 0.05) is 5.56 Å². The second-order valence-electron chi connectivity index (χ2n) is 6.84. The lowest BCUT2D eigenvalue weighted by atomic mass is 10.0. The third-order valence-electron chi connectivity index (χ3n) is 4.75. The van der Waals surface area contributed by atoms with Crippen LogP contribution >= 0.6 is 11.8 Å². The molecule has 4 rings (SSSR count). The minimum atomic E-state index is -0.00603. The van der Waals surface area contributed by atoms with E-state index in [1.54, 1.807) is 11.8 Å². The molecule has 2 aromatic carbocycles. The van der Waals surface area contributed by atoms with Gasteiger partial charge < -0.3 is 10.1 Å². The number of nitrogens with zero attached hydrogens (tertiary/aromatic N) is 2. The molecule has 1 atom stereocenters. The molecule has 2 heterocycles. The van der Waals surface area contributed by atoms with E-state index in [1.165, 1.54) is 0 Å². The largest absolute Gasteiger partial charge is 0.494 e. The Hall–Kier alpha value is -2.73. The maximum atomic E-state index is 12.4. The summed E-state index contributed by atoms with van der Waals surface area (Å²) in [5, 5.41) is 7.87. The first-order valence-corrected chi connectivity index (χ1v) is 10.4. The number of anilines is 1. The van der Waals surface area contributed by atoms with Gasteiger partial charge in [0.1, 0.15) is 11.6 Å². The number of thioether (sulfide) groups is 1. The third-order valence-corrected chi connectivity index (χ3v) is 6.02. The summed E-state index contributed by atoms with van der Waals surface area (Å²) >= 11 is 1.63. The molecule has 5 nitrogen and oxygen atoms in total. The van der Waals surface area contributed by atoms with Crippen LogP contribution in [0.15, 0.2) is 48.5 Å². The number of aryl methyl sites for hydroxylation is 2. The Morgan fingerprint density at radius 2 is 2.00 bits per heavy atom. The van der Waals surface area contributed by atoms with E-state index in [9.17, 15) is 4.79 Å². The number of aromatic nitrogens is 2. The number of carbonyl (C=O) groups is 1. The van der Waals surface area contributed by atoms with E-state index < -0.39 is 0 Å². The van der Waals surface area contributed by atoms with E-state index in [0.29, 0.717) is 12.4 Å². The Balaban J connectivity index is 1.81. The molecule has 6 heteroatoms. The van der Waals surface area contributed by atoms with Crippen molar-refractivity contribution in [2.45, 2.75) is 26.0 Å². The minimum Gasteiger partial charge on any atom is -0.494 e. The third kappa shape index (κ3) is 3.52. The summed E-state index contributed by atoms with van der Waals surface area (Å²) in [6.07, 6.45) is 0. The number of ether oxygens (including phenoxy) is 1. The van der Waals surface area contributed by atoms with Crippen LogP contribution in [0.25, 0.3) is 5.69 Å². The molecule has 0 saturated heterocycles. The molecule has 1 aliphatic rings. The Bertz CT molecular complexity index is 1010. The number of amides is 1. The van der Waals surface area contributed by atoms with Crippen LogP contribution in [0.2, 0.25) is 0 Å². The highest BCUT2D eigenvalue weighted by Crippen LogP contribution is 2.44. The van der Waals surface area contributed by atoms with Crippen LogP contribution in [0.4, 0.5) is 5.82 Å². The number of rotatable bonds is 4. The summed E-state index contributed by atoms with van der Waals surface area (Å²) in [7, 11) is 0. The Morgan fingerprint density at radius 1 is 1.21 bits per heavy atom. The fraction of sp³-hybridized carbons (Fsp3) is 0.273. The summed E-state index contributed by atoms with van der Waals surface area (Å²) < 4.78 is 7.42. The lowest BCUT2D eigenvalue weighted by Gasteiger charge is -2.16. The molecule has 144 valence electrons. The Labute approximate surface area is 169 Å². The molecule has 3 aromatic rings. The van der Waals surface area contributed by atoms with Crippen molar-refractivity contribution in [3.8, 4) is 11.4 Å². The van der Waals surface area contributed by atoms with Crippen LogP contribution in [0.1, 0.15) is 34.6 Å². The zero-order valence-electron chi connectivity index (χ0n) is 16.2. The number of nitrogens with one attached hydrogen (secondary N) is 1. The van der Waals surface area contributed by atoms with Crippen LogP contribution < -0.4 is 10.1 Å². The Morgan fingerprint density at radius 3 is 2.71 bits per heavy atom. The standard InChI is InChI=1S/C22H23N3O2S/c1-4-27-18-10-8-16(9-11-18)21-20-15(3)24-25(17-7-5-6-14(2)12-17)22(20)23-19(26)13-28-21/h5-12,21H,4,13H2,1-3H3,(H,23,26)/t21-/m0/s1. The van der Waals surface area contributed by atoms with Gasteiger partial charge in [-0.05, 0) is 56.2 Å². The smallest absolute Gasteiger partial charge is 0.235 e. The van der Waals surface area contributed by atoms with Crippen molar-refractivity contribution in [3.63, 3.8) is 0 Å². The molecular formula is C22H23N3O2S. The van der Waals surface area contributed by atoms with Crippen molar-refractivity contribution in [1.29, 1.82) is 0 Å². The second kappa shape index (κ2) is 7.72. The van der Waals surface area contributed by atoms with E-state index in [0.717, 1.165) is 39.6 Å². The van der Waals surface area contributed by atoms with Crippen molar-refractivity contribution in [1.82, 2.24) is 9.78 Å². The van der Waals surface area contributed by atoms with Gasteiger partial charge in [0.05, 0.1) is 29.0 Å². The fourth-order valence-electron chi connectivity index (χ4n) is 3.50. The quantitative estimate of drug-likeness (QED) is 0.700.